The third-order valence-electron chi connectivity index (χ3n) is 5.04. The van der Waals surface area contributed by atoms with E-state index < -0.39 is 12.5 Å². The van der Waals surface area contributed by atoms with Crippen molar-refractivity contribution in [2.75, 3.05) is 13.1 Å². The molecule has 1 saturated heterocycles. The SMILES string of the molecule is O=C(O)N1CC2(CC(n3nc(-c4cccnc4)c(I)c3C(F)F)C2)C1. The van der Waals surface area contributed by atoms with Crippen LogP contribution in [0.1, 0.15) is 31.0 Å². The van der Waals surface area contributed by atoms with Crippen molar-refractivity contribution in [3.8, 4) is 11.3 Å². The first kappa shape index (κ1) is 16.7. The fourth-order valence-electron chi connectivity index (χ4n) is 3.86. The van der Waals surface area contributed by atoms with E-state index in [1.165, 1.54) is 9.58 Å². The molecule has 2 aromatic heterocycles. The van der Waals surface area contributed by atoms with Crippen molar-refractivity contribution in [2.24, 2.45) is 5.41 Å². The lowest BCUT2D eigenvalue weighted by Crippen LogP contribution is -2.63. The molecule has 0 bridgehead atoms. The number of aromatic nitrogens is 3. The number of amides is 1. The van der Waals surface area contributed by atoms with Gasteiger partial charge in [0.15, 0.2) is 0 Å². The van der Waals surface area contributed by atoms with Crippen LogP contribution in [-0.4, -0.2) is 44.0 Å². The first-order valence-corrected chi connectivity index (χ1v) is 8.92. The standard InChI is InChI=1S/C16H15F2IN4O2/c17-14(18)13-11(19)12(9-2-1-3-20-6-9)21-23(13)10-4-16(5-10)7-22(8-16)15(24)25/h1-3,6,10,14H,4-5,7-8H2,(H,24,25). The van der Waals surface area contributed by atoms with Crippen LogP contribution in [0, 0.1) is 8.99 Å². The second-order valence-electron chi connectivity index (χ2n) is 6.74. The van der Waals surface area contributed by atoms with E-state index in [4.69, 9.17) is 5.11 Å². The van der Waals surface area contributed by atoms with E-state index in [0.29, 0.717) is 40.8 Å². The zero-order valence-corrected chi connectivity index (χ0v) is 15.2. The minimum Gasteiger partial charge on any atom is -0.465 e. The Hall–Kier alpha value is -1.78. The number of carboxylic acid groups (broad SMARTS) is 1. The van der Waals surface area contributed by atoms with Gasteiger partial charge >= 0.3 is 6.09 Å². The molecule has 1 N–H and O–H groups in total. The summed E-state index contributed by atoms with van der Waals surface area (Å²) in [5, 5.41) is 13.4. The van der Waals surface area contributed by atoms with Gasteiger partial charge < -0.3 is 10.0 Å². The molecule has 6 nitrogen and oxygen atoms in total. The summed E-state index contributed by atoms with van der Waals surface area (Å²) in [7, 11) is 0. The van der Waals surface area contributed by atoms with Gasteiger partial charge in [0, 0.05) is 36.5 Å². The maximum absolute atomic E-state index is 13.6. The number of halogens is 3. The molecule has 1 aliphatic carbocycles. The first-order chi connectivity index (χ1) is 11.9. The number of hydrogen-bond acceptors (Lipinski definition) is 3. The maximum atomic E-state index is 13.6. The Morgan fingerprint density at radius 2 is 2.12 bits per heavy atom. The molecule has 3 heterocycles. The van der Waals surface area contributed by atoms with Crippen LogP contribution < -0.4 is 0 Å². The Morgan fingerprint density at radius 1 is 1.40 bits per heavy atom. The van der Waals surface area contributed by atoms with Gasteiger partial charge in [-0.1, -0.05) is 0 Å². The summed E-state index contributed by atoms with van der Waals surface area (Å²) in [5.41, 5.74) is 1.11. The molecule has 1 saturated carbocycles. The van der Waals surface area contributed by atoms with E-state index in [-0.39, 0.29) is 17.2 Å². The second-order valence-corrected chi connectivity index (χ2v) is 7.81. The Kier molecular flexibility index (Phi) is 3.93. The van der Waals surface area contributed by atoms with Gasteiger partial charge in [0.05, 0.1) is 9.61 Å². The molecule has 25 heavy (non-hydrogen) atoms. The van der Waals surface area contributed by atoms with Gasteiger partial charge in [-0.2, -0.15) is 5.10 Å². The molecule has 1 amide bonds. The normalized spacial score (nSPS) is 19.1. The fourth-order valence-corrected chi connectivity index (χ4v) is 4.76. The summed E-state index contributed by atoms with van der Waals surface area (Å²) in [6.45, 7) is 0.966. The maximum Gasteiger partial charge on any atom is 0.407 e. The highest BCUT2D eigenvalue weighted by Gasteiger charge is 2.55. The van der Waals surface area contributed by atoms with Crippen LogP contribution in [0.5, 0.6) is 0 Å². The minimum atomic E-state index is -2.61. The average Bonchev–Trinajstić information content (AvgIpc) is 2.82. The molecular formula is C16H15F2IN4O2. The molecule has 2 aliphatic rings. The van der Waals surface area contributed by atoms with E-state index >= 15 is 0 Å². The largest absolute Gasteiger partial charge is 0.465 e. The predicted molar refractivity (Wildman–Crippen MR) is 93.4 cm³/mol. The van der Waals surface area contributed by atoms with E-state index in [0.717, 1.165) is 0 Å². The summed E-state index contributed by atoms with van der Waals surface area (Å²) in [5.74, 6) is 0. The van der Waals surface area contributed by atoms with Gasteiger partial charge in [0.1, 0.15) is 11.4 Å². The highest BCUT2D eigenvalue weighted by atomic mass is 127. The highest BCUT2D eigenvalue weighted by molar-refractivity contribution is 14.1. The molecular weight excluding hydrogens is 445 g/mol. The van der Waals surface area contributed by atoms with Crippen LogP contribution in [0.4, 0.5) is 13.6 Å². The minimum absolute atomic E-state index is 0.0612. The average molecular weight is 460 g/mol. The van der Waals surface area contributed by atoms with Gasteiger partial charge in [0.2, 0.25) is 0 Å². The van der Waals surface area contributed by atoms with Crippen LogP contribution in [-0.2, 0) is 0 Å². The van der Waals surface area contributed by atoms with Crippen molar-refractivity contribution < 1.29 is 18.7 Å². The third-order valence-corrected chi connectivity index (χ3v) is 6.10. The van der Waals surface area contributed by atoms with Crippen molar-refractivity contribution in [2.45, 2.75) is 25.3 Å². The van der Waals surface area contributed by atoms with Gasteiger partial charge in [0.25, 0.3) is 6.43 Å². The van der Waals surface area contributed by atoms with Gasteiger partial charge in [-0.3, -0.25) is 9.67 Å². The van der Waals surface area contributed by atoms with Crippen molar-refractivity contribution in [3.63, 3.8) is 0 Å². The lowest BCUT2D eigenvalue weighted by molar-refractivity contribution is -0.0792. The van der Waals surface area contributed by atoms with Gasteiger partial charge in [-0.05, 0) is 47.6 Å². The Bertz CT molecular complexity index is 813. The molecule has 9 heteroatoms. The smallest absolute Gasteiger partial charge is 0.407 e. The summed E-state index contributed by atoms with van der Waals surface area (Å²) in [6, 6.07) is 3.44. The van der Waals surface area contributed by atoms with Gasteiger partial charge in [-0.15, -0.1) is 0 Å². The number of rotatable bonds is 3. The van der Waals surface area contributed by atoms with Crippen LogP contribution in [0.2, 0.25) is 0 Å². The topological polar surface area (TPSA) is 71.2 Å². The molecule has 0 radical (unpaired) electrons. The molecule has 1 spiro atoms. The molecule has 0 aromatic carbocycles. The molecule has 2 aromatic rings. The molecule has 0 atom stereocenters. The quantitative estimate of drug-likeness (QED) is 0.708. The third kappa shape index (κ3) is 2.68. The number of pyridine rings is 1. The predicted octanol–water partition coefficient (Wildman–Crippen LogP) is 3.80. The fraction of sp³-hybridized carbons (Fsp3) is 0.438. The Labute approximate surface area is 156 Å². The number of carbonyl (C=O) groups is 1. The van der Waals surface area contributed by atoms with Gasteiger partial charge in [-0.25, -0.2) is 13.6 Å². The van der Waals surface area contributed by atoms with Crippen LogP contribution in [0.25, 0.3) is 11.3 Å². The summed E-state index contributed by atoms with van der Waals surface area (Å²) in [6.07, 6.45) is 1.07. The van der Waals surface area contributed by atoms with Crippen molar-refractivity contribution in [1.29, 1.82) is 0 Å². The van der Waals surface area contributed by atoms with Crippen molar-refractivity contribution >= 4 is 28.7 Å². The molecule has 2 fully saturated rings. The van der Waals surface area contributed by atoms with Crippen molar-refractivity contribution in [1.82, 2.24) is 19.7 Å². The monoisotopic (exact) mass is 460 g/mol. The summed E-state index contributed by atoms with van der Waals surface area (Å²) >= 11 is 1.92. The molecule has 132 valence electrons. The number of hydrogen-bond donors (Lipinski definition) is 1. The highest BCUT2D eigenvalue weighted by Crippen LogP contribution is 2.55. The van der Waals surface area contributed by atoms with Crippen LogP contribution in [0.3, 0.4) is 0 Å². The van der Waals surface area contributed by atoms with E-state index in [1.807, 2.05) is 22.6 Å². The zero-order valence-electron chi connectivity index (χ0n) is 13.1. The summed E-state index contributed by atoms with van der Waals surface area (Å²) in [4.78, 5) is 16.3. The first-order valence-electron chi connectivity index (χ1n) is 7.84. The van der Waals surface area contributed by atoms with Crippen LogP contribution in [0.15, 0.2) is 24.5 Å². The van der Waals surface area contributed by atoms with Crippen molar-refractivity contribution in [3.05, 3.63) is 33.8 Å². The van der Waals surface area contributed by atoms with E-state index in [2.05, 4.69) is 10.1 Å². The Balaban J connectivity index is 1.60. The zero-order chi connectivity index (χ0) is 17.8. The lowest BCUT2D eigenvalue weighted by Gasteiger charge is -2.58. The Morgan fingerprint density at radius 3 is 2.68 bits per heavy atom. The van der Waals surface area contributed by atoms with Crippen LogP contribution >= 0.6 is 22.6 Å². The second kappa shape index (κ2) is 5.89. The number of alkyl halides is 2. The molecule has 4 rings (SSSR count). The van der Waals surface area contributed by atoms with E-state index in [9.17, 15) is 13.6 Å². The number of likely N-dealkylation sites (tertiary alicyclic amines) is 1. The number of nitrogens with zero attached hydrogens (tertiary/aromatic N) is 4. The summed E-state index contributed by atoms with van der Waals surface area (Å²) < 4.78 is 29.1. The molecule has 1 aliphatic heterocycles. The lowest BCUT2D eigenvalue weighted by atomic mass is 9.61. The van der Waals surface area contributed by atoms with E-state index in [1.54, 1.807) is 24.5 Å². The molecule has 0 unspecified atom stereocenters.